The van der Waals surface area contributed by atoms with E-state index in [0.717, 1.165) is 17.1 Å². The molecule has 0 radical (unpaired) electrons. The fourth-order valence-corrected chi connectivity index (χ4v) is 4.12. The van der Waals surface area contributed by atoms with Crippen LogP contribution in [0.3, 0.4) is 0 Å². The lowest BCUT2D eigenvalue weighted by atomic mass is 9.98. The van der Waals surface area contributed by atoms with Crippen LogP contribution < -0.4 is 0 Å². The third-order valence-corrected chi connectivity index (χ3v) is 5.52. The van der Waals surface area contributed by atoms with Crippen molar-refractivity contribution >= 4 is 17.7 Å². The Bertz CT molecular complexity index is 982. The lowest BCUT2D eigenvalue weighted by Gasteiger charge is -2.35. The number of benzene rings is 1. The molecule has 1 unspecified atom stereocenters. The summed E-state index contributed by atoms with van der Waals surface area (Å²) in [7, 11) is 1.85. The maximum atomic E-state index is 14.0. The highest BCUT2D eigenvalue weighted by atomic mass is 32.2. The number of fused-ring (bicyclic) bond motifs is 1. The minimum atomic E-state index is -0.325. The molecule has 1 aliphatic rings. The molecule has 1 aliphatic heterocycles. The molecule has 27 heavy (non-hydrogen) atoms. The first-order valence-corrected chi connectivity index (χ1v) is 10.1. The number of carbonyl (C=O) groups excluding carboxylic acids is 1. The molecule has 1 atom stereocenters. The fourth-order valence-electron chi connectivity index (χ4n) is 3.59. The predicted molar refractivity (Wildman–Crippen MR) is 102 cm³/mol. The van der Waals surface area contributed by atoms with Crippen LogP contribution in [0.25, 0.3) is 0 Å². The Morgan fingerprint density at radius 2 is 2.26 bits per heavy atom. The van der Waals surface area contributed by atoms with Crippen LogP contribution >= 0.6 is 11.8 Å². The molecule has 6 nitrogen and oxygen atoms in total. The van der Waals surface area contributed by atoms with E-state index in [1.807, 2.05) is 19.4 Å². The van der Waals surface area contributed by atoms with Crippen molar-refractivity contribution in [3.8, 4) is 0 Å². The first-order valence-electron chi connectivity index (χ1n) is 8.68. The topological polar surface area (TPSA) is 66.8 Å². The van der Waals surface area contributed by atoms with E-state index in [2.05, 4.69) is 15.1 Å². The second-order valence-electron chi connectivity index (χ2n) is 6.54. The number of rotatable bonds is 4. The lowest BCUT2D eigenvalue weighted by Crippen LogP contribution is -2.41. The van der Waals surface area contributed by atoms with Crippen molar-refractivity contribution in [3.05, 3.63) is 70.8 Å². The molecule has 3 aromatic rings. The van der Waals surface area contributed by atoms with Gasteiger partial charge in [0.2, 0.25) is 0 Å². The average Bonchev–Trinajstić information content (AvgIpc) is 3.31. The molecule has 0 saturated carbocycles. The van der Waals surface area contributed by atoms with Gasteiger partial charge in [-0.15, -0.1) is 0 Å². The van der Waals surface area contributed by atoms with Gasteiger partial charge in [-0.1, -0.05) is 0 Å². The van der Waals surface area contributed by atoms with E-state index < -0.39 is 0 Å². The number of nitrogens with zero attached hydrogens (tertiary/aromatic N) is 4. The predicted octanol–water partition coefficient (Wildman–Crippen LogP) is 2.93. The van der Waals surface area contributed by atoms with Crippen LogP contribution in [-0.4, -0.2) is 43.4 Å². The van der Waals surface area contributed by atoms with E-state index in [1.54, 1.807) is 34.2 Å². The molecule has 1 aromatic carbocycles. The third-order valence-electron chi connectivity index (χ3n) is 4.92. The smallest absolute Gasteiger partial charge is 0.254 e. The Morgan fingerprint density at radius 3 is 3.00 bits per heavy atom. The molecule has 2 aromatic heterocycles. The average molecular weight is 385 g/mol. The van der Waals surface area contributed by atoms with E-state index in [0.29, 0.717) is 29.8 Å². The molecule has 4 rings (SSSR count). The standard InChI is InChI=1S/C19H20FN5OS/c1-24-16(5-7-23-24)18-17-15(21-11-22-17)6-8-25(18)19(26)12-3-4-14(20)13(9-12)10-27-2/h3-5,7,9,11,18H,6,8,10H2,1-2H3,(H,21,22). The summed E-state index contributed by atoms with van der Waals surface area (Å²) in [5.74, 6) is 0.122. The quantitative estimate of drug-likeness (QED) is 0.750. The normalized spacial score (nSPS) is 16.4. The van der Waals surface area contributed by atoms with Crippen molar-refractivity contribution in [3.63, 3.8) is 0 Å². The van der Waals surface area contributed by atoms with Crippen molar-refractivity contribution in [2.24, 2.45) is 7.05 Å². The molecule has 0 spiro atoms. The summed E-state index contributed by atoms with van der Waals surface area (Å²) < 4.78 is 15.8. The summed E-state index contributed by atoms with van der Waals surface area (Å²) in [6.07, 6.45) is 5.99. The Hall–Kier alpha value is -2.61. The van der Waals surface area contributed by atoms with Crippen molar-refractivity contribution in [1.29, 1.82) is 0 Å². The Morgan fingerprint density at radius 1 is 1.41 bits per heavy atom. The molecule has 8 heteroatoms. The van der Waals surface area contributed by atoms with Gasteiger partial charge in [-0.05, 0) is 36.1 Å². The van der Waals surface area contributed by atoms with Gasteiger partial charge in [0.05, 0.1) is 17.7 Å². The van der Waals surface area contributed by atoms with Crippen LogP contribution in [0.5, 0.6) is 0 Å². The van der Waals surface area contributed by atoms with Gasteiger partial charge in [-0.3, -0.25) is 9.48 Å². The summed E-state index contributed by atoms with van der Waals surface area (Å²) >= 11 is 1.53. The first kappa shape index (κ1) is 17.8. The largest absolute Gasteiger partial charge is 0.348 e. The summed E-state index contributed by atoms with van der Waals surface area (Å²) in [6, 6.07) is 6.17. The van der Waals surface area contributed by atoms with Crippen molar-refractivity contribution in [1.82, 2.24) is 24.6 Å². The second kappa shape index (κ2) is 7.19. The number of imidazole rings is 1. The van der Waals surface area contributed by atoms with Gasteiger partial charge in [-0.25, -0.2) is 9.37 Å². The molecule has 3 heterocycles. The number of thioether (sulfide) groups is 1. The molecule has 1 amide bonds. The van der Waals surface area contributed by atoms with Crippen LogP contribution in [0.4, 0.5) is 4.39 Å². The van der Waals surface area contributed by atoms with Gasteiger partial charge < -0.3 is 9.88 Å². The monoisotopic (exact) mass is 385 g/mol. The van der Waals surface area contributed by atoms with Gasteiger partial charge in [0.25, 0.3) is 5.91 Å². The molecular formula is C19H20FN5OS. The number of amides is 1. The van der Waals surface area contributed by atoms with E-state index in [9.17, 15) is 9.18 Å². The number of hydrogen-bond donors (Lipinski definition) is 1. The summed E-state index contributed by atoms with van der Waals surface area (Å²) in [5, 5.41) is 4.25. The number of aromatic amines is 1. The lowest BCUT2D eigenvalue weighted by molar-refractivity contribution is 0.0684. The van der Waals surface area contributed by atoms with Gasteiger partial charge in [-0.2, -0.15) is 16.9 Å². The van der Waals surface area contributed by atoms with Gasteiger partial charge in [0.1, 0.15) is 11.9 Å². The number of nitrogens with one attached hydrogen (secondary N) is 1. The van der Waals surface area contributed by atoms with Crippen molar-refractivity contribution in [2.45, 2.75) is 18.2 Å². The van der Waals surface area contributed by atoms with E-state index in [4.69, 9.17) is 0 Å². The maximum absolute atomic E-state index is 14.0. The van der Waals surface area contributed by atoms with Gasteiger partial charge >= 0.3 is 0 Å². The minimum absolute atomic E-state index is 0.128. The molecule has 0 saturated heterocycles. The summed E-state index contributed by atoms with van der Waals surface area (Å²) in [4.78, 5) is 22.8. The molecule has 140 valence electrons. The highest BCUT2D eigenvalue weighted by Gasteiger charge is 2.36. The van der Waals surface area contributed by atoms with Crippen LogP contribution in [0, 0.1) is 5.82 Å². The SMILES string of the molecule is CSCc1cc(C(=O)N2CCc3[nH]cnc3C2c2ccnn2C)ccc1F. The number of aromatic nitrogens is 4. The maximum Gasteiger partial charge on any atom is 0.254 e. The van der Waals surface area contributed by atoms with E-state index >= 15 is 0 Å². The zero-order valence-corrected chi connectivity index (χ0v) is 16.0. The van der Waals surface area contributed by atoms with Crippen molar-refractivity contribution in [2.75, 3.05) is 12.8 Å². The number of halogens is 1. The van der Waals surface area contributed by atoms with E-state index in [-0.39, 0.29) is 17.8 Å². The fraction of sp³-hybridized carbons (Fsp3) is 0.316. The molecule has 0 fully saturated rings. The number of hydrogen-bond acceptors (Lipinski definition) is 4. The molecule has 1 N–H and O–H groups in total. The Balaban J connectivity index is 1.75. The molecular weight excluding hydrogens is 365 g/mol. The number of aryl methyl sites for hydroxylation is 1. The summed E-state index contributed by atoms with van der Waals surface area (Å²) in [5.41, 5.74) is 3.80. The minimum Gasteiger partial charge on any atom is -0.348 e. The first-order chi connectivity index (χ1) is 13.1. The van der Waals surface area contributed by atoms with Crippen LogP contribution in [0.2, 0.25) is 0 Å². The Kier molecular flexibility index (Phi) is 4.73. The second-order valence-corrected chi connectivity index (χ2v) is 7.40. The highest BCUT2D eigenvalue weighted by molar-refractivity contribution is 7.97. The molecule has 0 aliphatic carbocycles. The number of carbonyl (C=O) groups is 1. The summed E-state index contributed by atoms with van der Waals surface area (Å²) in [6.45, 7) is 0.555. The Labute approximate surface area is 160 Å². The third kappa shape index (κ3) is 3.14. The van der Waals surface area contributed by atoms with Crippen molar-refractivity contribution < 1.29 is 9.18 Å². The van der Waals surface area contributed by atoms with Crippen LogP contribution in [0.1, 0.15) is 39.0 Å². The van der Waals surface area contributed by atoms with Crippen LogP contribution in [-0.2, 0) is 19.2 Å². The van der Waals surface area contributed by atoms with E-state index in [1.165, 1.54) is 17.8 Å². The van der Waals surface area contributed by atoms with Gasteiger partial charge in [0.15, 0.2) is 0 Å². The van der Waals surface area contributed by atoms with Crippen LogP contribution in [0.15, 0.2) is 36.8 Å². The number of H-pyrrole nitrogens is 1. The molecule has 0 bridgehead atoms. The van der Waals surface area contributed by atoms with Gasteiger partial charge in [0, 0.05) is 43.2 Å². The zero-order valence-electron chi connectivity index (χ0n) is 15.1. The highest BCUT2D eigenvalue weighted by Crippen LogP contribution is 2.34. The zero-order chi connectivity index (χ0) is 19.0.